The highest BCUT2D eigenvalue weighted by atomic mass is 16.2. The van der Waals surface area contributed by atoms with Gasteiger partial charge in [0.2, 0.25) is 5.91 Å². The lowest BCUT2D eigenvalue weighted by Crippen LogP contribution is -2.42. The minimum atomic E-state index is 0.0455. The molecule has 1 fully saturated rings. The van der Waals surface area contributed by atoms with Gasteiger partial charge in [0.25, 0.3) is 0 Å². The molecule has 1 heterocycles. The first-order valence-electron chi connectivity index (χ1n) is 7.12. The van der Waals surface area contributed by atoms with Crippen molar-refractivity contribution in [3.05, 3.63) is 34.9 Å². The third kappa shape index (κ3) is 3.57. The summed E-state index contributed by atoms with van der Waals surface area (Å²) in [5.74, 6) is 0.238. The smallest absolute Gasteiger partial charge is 0.239 e. The van der Waals surface area contributed by atoms with Gasteiger partial charge in [-0.05, 0) is 50.8 Å². The summed E-state index contributed by atoms with van der Waals surface area (Å²) in [6, 6.07) is 6.57. The number of aryl methyl sites for hydroxylation is 2. The number of carbonyl (C=O) groups excluding carboxylic acids is 1. The van der Waals surface area contributed by atoms with Gasteiger partial charge in [-0.1, -0.05) is 23.8 Å². The highest BCUT2D eigenvalue weighted by molar-refractivity contribution is 5.81. The van der Waals surface area contributed by atoms with E-state index in [2.05, 4.69) is 37.4 Å². The van der Waals surface area contributed by atoms with Gasteiger partial charge in [-0.3, -0.25) is 4.79 Å². The first-order valence-corrected chi connectivity index (χ1v) is 7.12. The maximum atomic E-state index is 12.2. The Kier molecular flexibility index (Phi) is 4.59. The second kappa shape index (κ2) is 6.20. The van der Waals surface area contributed by atoms with Gasteiger partial charge >= 0.3 is 0 Å². The zero-order valence-corrected chi connectivity index (χ0v) is 12.2. The first-order chi connectivity index (χ1) is 9.08. The van der Waals surface area contributed by atoms with Gasteiger partial charge < -0.3 is 10.2 Å². The number of hydrogen-bond acceptors (Lipinski definition) is 2. The number of nitrogens with one attached hydrogen (secondary N) is 1. The zero-order valence-electron chi connectivity index (χ0n) is 12.2. The summed E-state index contributed by atoms with van der Waals surface area (Å²) in [5, 5.41) is 3.26. The van der Waals surface area contributed by atoms with Crippen molar-refractivity contribution >= 4 is 5.91 Å². The zero-order chi connectivity index (χ0) is 13.8. The summed E-state index contributed by atoms with van der Waals surface area (Å²) in [4.78, 5) is 14.0. The fourth-order valence-electron chi connectivity index (χ4n) is 2.69. The Morgan fingerprint density at radius 2 is 2.21 bits per heavy atom. The monoisotopic (exact) mass is 260 g/mol. The fourth-order valence-corrected chi connectivity index (χ4v) is 2.69. The average Bonchev–Trinajstić information content (AvgIpc) is 2.90. The molecular formula is C16H24N2O. The summed E-state index contributed by atoms with van der Waals surface area (Å²) in [7, 11) is 1.91. The van der Waals surface area contributed by atoms with Crippen LogP contribution in [0.25, 0.3) is 0 Å². The van der Waals surface area contributed by atoms with Crippen LogP contribution >= 0.6 is 0 Å². The van der Waals surface area contributed by atoms with E-state index in [0.717, 1.165) is 32.4 Å². The van der Waals surface area contributed by atoms with E-state index in [4.69, 9.17) is 0 Å². The summed E-state index contributed by atoms with van der Waals surface area (Å²) in [6.45, 7) is 6.02. The molecule has 0 aromatic heterocycles. The molecule has 1 amide bonds. The number of likely N-dealkylation sites (N-methyl/N-ethyl adjacent to an activating group) is 1. The Balaban J connectivity index is 1.88. The second-order valence-electron chi connectivity index (χ2n) is 5.59. The van der Waals surface area contributed by atoms with E-state index < -0.39 is 0 Å². The van der Waals surface area contributed by atoms with Gasteiger partial charge in [-0.25, -0.2) is 0 Å². The first kappa shape index (κ1) is 14.1. The Bertz CT molecular complexity index is 450. The molecule has 1 saturated heterocycles. The molecule has 0 spiro atoms. The molecule has 3 nitrogen and oxygen atoms in total. The van der Waals surface area contributed by atoms with E-state index in [1.165, 1.54) is 16.7 Å². The molecule has 0 bridgehead atoms. The second-order valence-corrected chi connectivity index (χ2v) is 5.59. The summed E-state index contributed by atoms with van der Waals surface area (Å²) < 4.78 is 0. The van der Waals surface area contributed by atoms with E-state index in [1.54, 1.807) is 0 Å². The van der Waals surface area contributed by atoms with Crippen molar-refractivity contribution in [3.63, 3.8) is 0 Å². The van der Waals surface area contributed by atoms with Crippen LogP contribution in [0.4, 0.5) is 0 Å². The number of amides is 1. The molecule has 1 aromatic carbocycles. The van der Waals surface area contributed by atoms with Crippen molar-refractivity contribution in [1.82, 2.24) is 10.2 Å². The molecule has 1 aliphatic heterocycles. The normalized spacial score (nSPS) is 18.6. The van der Waals surface area contributed by atoms with Crippen LogP contribution in [0.2, 0.25) is 0 Å². The minimum absolute atomic E-state index is 0.0455. The Morgan fingerprint density at radius 3 is 2.84 bits per heavy atom. The van der Waals surface area contributed by atoms with Gasteiger partial charge in [-0.2, -0.15) is 0 Å². The highest BCUT2D eigenvalue weighted by Crippen LogP contribution is 2.13. The SMILES string of the molecule is Cc1ccc(CCN(C)C(=O)C2CCCN2)c(C)c1. The van der Waals surface area contributed by atoms with Gasteiger partial charge in [0, 0.05) is 13.6 Å². The number of carbonyl (C=O) groups is 1. The molecule has 0 aliphatic carbocycles. The molecule has 104 valence electrons. The largest absolute Gasteiger partial charge is 0.344 e. The van der Waals surface area contributed by atoms with E-state index >= 15 is 0 Å². The number of rotatable bonds is 4. The van der Waals surface area contributed by atoms with E-state index in [0.29, 0.717) is 0 Å². The molecular weight excluding hydrogens is 236 g/mol. The van der Waals surface area contributed by atoms with Crippen LogP contribution in [0.15, 0.2) is 18.2 Å². The predicted molar refractivity (Wildman–Crippen MR) is 78.3 cm³/mol. The van der Waals surface area contributed by atoms with E-state index in [-0.39, 0.29) is 11.9 Å². The highest BCUT2D eigenvalue weighted by Gasteiger charge is 2.24. The van der Waals surface area contributed by atoms with Crippen molar-refractivity contribution in [2.45, 2.75) is 39.2 Å². The Hall–Kier alpha value is -1.35. The van der Waals surface area contributed by atoms with E-state index in [9.17, 15) is 4.79 Å². The molecule has 1 N–H and O–H groups in total. The van der Waals surface area contributed by atoms with Crippen LogP contribution in [0.3, 0.4) is 0 Å². The van der Waals surface area contributed by atoms with Crippen molar-refractivity contribution in [2.24, 2.45) is 0 Å². The molecule has 1 atom stereocenters. The van der Waals surface area contributed by atoms with Crippen molar-refractivity contribution in [2.75, 3.05) is 20.1 Å². The fraction of sp³-hybridized carbons (Fsp3) is 0.562. The van der Waals surface area contributed by atoms with E-state index in [1.807, 2.05) is 11.9 Å². The maximum absolute atomic E-state index is 12.2. The molecule has 1 aliphatic rings. The van der Waals surface area contributed by atoms with Crippen LogP contribution in [0, 0.1) is 13.8 Å². The predicted octanol–water partition coefficient (Wildman–Crippen LogP) is 2.06. The molecule has 1 unspecified atom stereocenters. The van der Waals surface area contributed by atoms with Crippen molar-refractivity contribution in [3.8, 4) is 0 Å². The van der Waals surface area contributed by atoms with Crippen LogP contribution in [-0.4, -0.2) is 37.0 Å². The number of hydrogen-bond donors (Lipinski definition) is 1. The maximum Gasteiger partial charge on any atom is 0.239 e. The third-order valence-electron chi connectivity index (χ3n) is 3.95. The third-order valence-corrected chi connectivity index (χ3v) is 3.95. The summed E-state index contributed by atoms with van der Waals surface area (Å²) in [5.41, 5.74) is 3.95. The lowest BCUT2D eigenvalue weighted by atomic mass is 10.0. The quantitative estimate of drug-likeness (QED) is 0.898. The van der Waals surface area contributed by atoms with Gasteiger partial charge in [0.1, 0.15) is 0 Å². The number of benzene rings is 1. The topological polar surface area (TPSA) is 32.3 Å². The molecule has 3 heteroatoms. The standard InChI is InChI=1S/C16H24N2O/c1-12-6-7-14(13(2)11-12)8-10-18(3)16(19)15-5-4-9-17-15/h6-7,11,15,17H,4-5,8-10H2,1-3H3. The van der Waals surface area contributed by atoms with Crippen molar-refractivity contribution in [1.29, 1.82) is 0 Å². The molecule has 19 heavy (non-hydrogen) atoms. The lowest BCUT2D eigenvalue weighted by molar-refractivity contribution is -0.131. The average molecular weight is 260 g/mol. The lowest BCUT2D eigenvalue weighted by Gasteiger charge is -2.21. The van der Waals surface area contributed by atoms with Gasteiger partial charge in [0.05, 0.1) is 6.04 Å². The molecule has 0 saturated carbocycles. The van der Waals surface area contributed by atoms with Crippen LogP contribution in [-0.2, 0) is 11.2 Å². The van der Waals surface area contributed by atoms with Crippen LogP contribution in [0.1, 0.15) is 29.5 Å². The van der Waals surface area contributed by atoms with Crippen LogP contribution in [0.5, 0.6) is 0 Å². The molecule has 2 rings (SSSR count). The molecule has 0 radical (unpaired) electrons. The minimum Gasteiger partial charge on any atom is -0.344 e. The van der Waals surface area contributed by atoms with Gasteiger partial charge in [0.15, 0.2) is 0 Å². The number of nitrogens with zero attached hydrogens (tertiary/aromatic N) is 1. The Morgan fingerprint density at radius 1 is 1.42 bits per heavy atom. The molecule has 1 aromatic rings. The Labute approximate surface area is 116 Å². The van der Waals surface area contributed by atoms with Crippen LogP contribution < -0.4 is 5.32 Å². The van der Waals surface area contributed by atoms with Crippen molar-refractivity contribution < 1.29 is 4.79 Å². The summed E-state index contributed by atoms with van der Waals surface area (Å²) >= 11 is 0. The summed E-state index contributed by atoms with van der Waals surface area (Å²) in [6.07, 6.45) is 3.02. The van der Waals surface area contributed by atoms with Gasteiger partial charge in [-0.15, -0.1) is 0 Å².